The van der Waals surface area contributed by atoms with Crippen molar-refractivity contribution in [2.24, 2.45) is 11.8 Å². The lowest BCUT2D eigenvalue weighted by molar-refractivity contribution is -0.0112. The van der Waals surface area contributed by atoms with E-state index in [9.17, 15) is 1.37 Å². The Hall–Kier alpha value is -1.02. The van der Waals surface area contributed by atoms with Crippen LogP contribution in [0.2, 0.25) is 0 Å². The van der Waals surface area contributed by atoms with Crippen molar-refractivity contribution in [1.29, 1.82) is 0 Å². The molecule has 21 heavy (non-hydrogen) atoms. The Morgan fingerprint density at radius 3 is 3.24 bits per heavy atom. The highest BCUT2D eigenvalue weighted by atomic mass is 16.5. The maximum Gasteiger partial charge on any atom is 0.119 e. The molecule has 2 aliphatic carbocycles. The molecule has 1 saturated carbocycles. The maximum atomic E-state index is 9.68. The van der Waals surface area contributed by atoms with Gasteiger partial charge >= 0.3 is 0 Å². The number of piperidine rings is 1. The zero-order valence-corrected chi connectivity index (χ0v) is 11.4. The van der Waals surface area contributed by atoms with E-state index >= 15 is 0 Å². The molecule has 2 bridgehead atoms. The largest absolute Gasteiger partial charge is 0.497 e. The first-order chi connectivity index (χ1) is 17.9. The van der Waals surface area contributed by atoms with Crippen molar-refractivity contribution in [2.45, 2.75) is 50.2 Å². The molecule has 0 N–H and O–H groups in total. The zero-order chi connectivity index (χ0) is 32.3. The van der Waals surface area contributed by atoms with E-state index in [1.807, 2.05) is 0 Å². The number of likely N-dealkylation sites (N-methyl/N-ethyl adjacent to an activating group) is 1. The minimum Gasteiger partial charge on any atom is -0.497 e. The number of rotatable bonds is 1. The molecule has 4 atom stereocenters. The Balaban J connectivity index is 2.55. The van der Waals surface area contributed by atoms with Gasteiger partial charge in [-0.25, -0.2) is 0 Å². The summed E-state index contributed by atoms with van der Waals surface area (Å²) in [6.45, 7) is -7.29. The lowest BCUT2D eigenvalue weighted by Gasteiger charge is -2.59. The maximum absolute atomic E-state index is 9.68. The summed E-state index contributed by atoms with van der Waals surface area (Å²) in [5.41, 5.74) is -6.48. The zero-order valence-electron chi connectivity index (χ0n) is 31.4. The molecule has 1 saturated heterocycles. The van der Waals surface area contributed by atoms with Crippen LogP contribution in [0.25, 0.3) is 0 Å². The fourth-order valence-corrected chi connectivity index (χ4v) is 2.71. The molecule has 4 rings (SSSR count). The van der Waals surface area contributed by atoms with Crippen LogP contribution in [0.3, 0.4) is 0 Å². The van der Waals surface area contributed by atoms with Gasteiger partial charge in [-0.1, -0.05) is 13.0 Å². The molecule has 2 nitrogen and oxygen atoms in total. The number of ether oxygens (including phenoxy) is 1. The second-order valence-corrected chi connectivity index (χ2v) is 4.98. The van der Waals surface area contributed by atoms with E-state index < -0.39 is 108 Å². The number of hydrogen-bond donors (Lipinski definition) is 0. The van der Waals surface area contributed by atoms with Crippen molar-refractivity contribution in [3.8, 4) is 5.75 Å². The molecule has 3 aliphatic rings. The van der Waals surface area contributed by atoms with Crippen LogP contribution in [-0.4, -0.2) is 31.5 Å². The number of methoxy groups -OCH3 is 1. The van der Waals surface area contributed by atoms with Gasteiger partial charge in [-0.2, -0.15) is 0 Å². The van der Waals surface area contributed by atoms with Crippen LogP contribution in [-0.2, 0) is 11.8 Å². The molecule has 1 aromatic carbocycles. The predicted octanol–water partition coefficient (Wildman–Crippen LogP) is 3.63. The highest BCUT2D eigenvalue weighted by molar-refractivity contribution is 5.45. The Morgan fingerprint density at radius 1 is 1.52 bits per heavy atom. The minimum atomic E-state index is -4.19. The SMILES string of the molecule is [2H]c1c([2H])c2c(c([2H])c1OC)[C@@]13C([2H])([2H])C([2H])([2H])N(C([2H])([2H])[2H])[C@@H](C2([2H])[2H])[C@@]1([2H])C([2H])([2H])C([2H])(C)C([2H])([2H])C3([2H])[2H]. The quantitative estimate of drug-likeness (QED) is 0.785. The van der Waals surface area contributed by atoms with Gasteiger partial charge in [0, 0.05) is 34.8 Å². The average Bonchev–Trinajstić information content (AvgIpc) is 2.77. The lowest BCUT2D eigenvalue weighted by atomic mass is 9.51. The molecular weight excluding hydrogens is 258 g/mol. The number of nitrogens with zero attached hydrogens (tertiary/aromatic N) is 1. The summed E-state index contributed by atoms with van der Waals surface area (Å²) < 4.78 is 181. The van der Waals surface area contributed by atoms with Crippen LogP contribution in [0.5, 0.6) is 5.75 Å². The highest BCUT2D eigenvalue weighted by Gasteiger charge is 2.54. The fourth-order valence-electron chi connectivity index (χ4n) is 2.71. The van der Waals surface area contributed by atoms with E-state index in [4.69, 9.17) is 30.8 Å². The molecule has 0 amide bonds. The molecule has 2 fully saturated rings. The average molecular weight is 306 g/mol. The molecule has 1 aliphatic heterocycles. The van der Waals surface area contributed by atoms with Crippen LogP contribution in [0, 0.1) is 11.8 Å². The lowest BCUT2D eigenvalue weighted by Crippen LogP contribution is -2.60. The molecule has 114 valence electrons. The first-order valence-corrected chi connectivity index (χ1v) is 6.40. The van der Waals surface area contributed by atoms with Gasteiger partial charge in [-0.05, 0) is 80.3 Å². The fraction of sp³-hybridized carbons (Fsp3) is 0.684. The topological polar surface area (TPSA) is 12.5 Å². The van der Waals surface area contributed by atoms with Crippen molar-refractivity contribution < 1.29 is 32.2 Å². The monoisotopic (exact) mass is 305 g/mol. The third kappa shape index (κ3) is 1.88. The van der Waals surface area contributed by atoms with Crippen LogP contribution in [0.15, 0.2) is 18.1 Å². The van der Waals surface area contributed by atoms with Crippen LogP contribution in [0.1, 0.15) is 71.0 Å². The van der Waals surface area contributed by atoms with Gasteiger partial charge < -0.3 is 9.64 Å². The summed E-state index contributed by atoms with van der Waals surface area (Å²) >= 11 is 0. The van der Waals surface area contributed by atoms with E-state index in [-0.39, 0.29) is 0 Å². The second-order valence-electron chi connectivity index (χ2n) is 4.98. The third-order valence-corrected chi connectivity index (χ3v) is 3.71. The number of fused-ring (bicyclic) bond motifs is 1. The Bertz CT molecular complexity index is 1330. The van der Waals surface area contributed by atoms with Gasteiger partial charge in [-0.3, -0.25) is 0 Å². The molecule has 0 aromatic heterocycles. The molecule has 0 spiro atoms. The van der Waals surface area contributed by atoms with Crippen molar-refractivity contribution in [3.05, 3.63) is 29.3 Å². The summed E-state index contributed by atoms with van der Waals surface area (Å²) in [4.78, 5) is -0.407. The van der Waals surface area contributed by atoms with Crippen molar-refractivity contribution >= 4 is 0 Å². The van der Waals surface area contributed by atoms with Gasteiger partial charge in [-0.15, -0.1) is 0 Å². The summed E-state index contributed by atoms with van der Waals surface area (Å²) in [6, 6.07) is -6.41. The summed E-state index contributed by atoms with van der Waals surface area (Å²) in [7, 11) is 0.906. The molecule has 2 heteroatoms. The van der Waals surface area contributed by atoms with Crippen LogP contribution < -0.4 is 4.74 Å². The Labute approximate surface area is 156 Å². The summed E-state index contributed by atoms with van der Waals surface area (Å²) in [5, 5.41) is 0. The number of likely N-dealkylation sites (tertiary alicyclic amines) is 1. The summed E-state index contributed by atoms with van der Waals surface area (Å²) in [6.07, 6.45) is -19.5. The van der Waals surface area contributed by atoms with Crippen LogP contribution in [0.4, 0.5) is 0 Å². The third-order valence-electron chi connectivity index (χ3n) is 3.71. The molecule has 1 unspecified atom stereocenters. The van der Waals surface area contributed by atoms with E-state index in [0.717, 1.165) is 7.11 Å². The molecule has 1 aromatic rings. The van der Waals surface area contributed by atoms with Gasteiger partial charge in [0.05, 0.1) is 11.2 Å². The van der Waals surface area contributed by atoms with E-state index in [1.54, 1.807) is 0 Å². The Kier molecular flexibility index (Phi) is 0.879. The summed E-state index contributed by atoms with van der Waals surface area (Å²) in [5.74, 6) is -8.15. The standard InChI is InChI=1S/C19H27NO/c1-13-6-7-19-8-9-20(2)18(17(19)10-13)11-14-4-5-15(21-3)12-16(14)19/h4-5,12-13,17-18H,6-11H2,1-3H3/t13?,17-,18+,19-/m1/s1/i2D3,4D,5D,6D2,7D2,8D2,9D2,10D2,11D2,12D,13D,17D. The molecule has 0 radical (unpaired) electrons. The van der Waals surface area contributed by atoms with Crippen LogP contribution >= 0.6 is 0 Å². The van der Waals surface area contributed by atoms with E-state index in [1.165, 1.54) is 0 Å². The predicted molar refractivity (Wildman–Crippen MR) is 85.9 cm³/mol. The first-order valence-electron chi connectivity index (χ1n) is 16.4. The van der Waals surface area contributed by atoms with Crippen molar-refractivity contribution in [2.75, 3.05) is 20.6 Å². The number of hydrogen-bond acceptors (Lipinski definition) is 2. The number of benzene rings is 1. The normalized spacial score (nSPS) is 74.5. The van der Waals surface area contributed by atoms with E-state index in [0.29, 0.717) is 6.92 Å². The minimum absolute atomic E-state index is 0.407. The first kappa shape index (κ1) is 3.90. The van der Waals surface area contributed by atoms with Gasteiger partial charge in [0.2, 0.25) is 0 Å². The van der Waals surface area contributed by atoms with Gasteiger partial charge in [0.1, 0.15) is 5.75 Å². The molecule has 1 heterocycles. The molecular formula is C19H27NO. The second kappa shape index (κ2) is 4.74. The van der Waals surface area contributed by atoms with Crippen molar-refractivity contribution in [1.82, 2.24) is 4.90 Å². The van der Waals surface area contributed by atoms with Gasteiger partial charge in [0.25, 0.3) is 0 Å². The van der Waals surface area contributed by atoms with Crippen molar-refractivity contribution in [3.63, 3.8) is 0 Å². The van der Waals surface area contributed by atoms with E-state index in [2.05, 4.69) is 0 Å². The smallest absolute Gasteiger partial charge is 0.119 e. The van der Waals surface area contributed by atoms with Gasteiger partial charge in [0.15, 0.2) is 0 Å². The highest BCUT2D eigenvalue weighted by Crippen LogP contribution is 2.56. The Morgan fingerprint density at radius 2 is 2.43 bits per heavy atom.